The molecule has 3 rings (SSSR count). The van der Waals surface area contributed by atoms with Gasteiger partial charge in [-0.15, -0.1) is 0 Å². The highest BCUT2D eigenvalue weighted by Gasteiger charge is 2.28. The zero-order chi connectivity index (χ0) is 21.2. The summed E-state index contributed by atoms with van der Waals surface area (Å²) in [5.74, 6) is 0. The van der Waals surface area contributed by atoms with Crippen LogP contribution in [-0.4, -0.2) is 45.5 Å². The Morgan fingerprint density at radius 1 is 1.07 bits per heavy atom. The van der Waals surface area contributed by atoms with E-state index in [1.165, 1.54) is 4.31 Å². The highest BCUT2D eigenvalue weighted by molar-refractivity contribution is 7.92. The Hall–Kier alpha value is -2.18. The van der Waals surface area contributed by atoms with Crippen LogP contribution in [0.2, 0.25) is 5.02 Å². The molecule has 1 saturated heterocycles. The monoisotopic (exact) mass is 433 g/mol. The van der Waals surface area contributed by atoms with Crippen LogP contribution < -0.4 is 9.21 Å². The third-order valence-corrected chi connectivity index (χ3v) is 7.36. The summed E-state index contributed by atoms with van der Waals surface area (Å²) in [7, 11) is -3.70. The predicted molar refractivity (Wildman–Crippen MR) is 121 cm³/mol. The normalized spacial score (nSPS) is 14.9. The summed E-state index contributed by atoms with van der Waals surface area (Å²) in [5.41, 5.74) is 2.68. The predicted octanol–water partition coefficient (Wildman–Crippen LogP) is 4.60. The van der Waals surface area contributed by atoms with Crippen molar-refractivity contribution in [1.29, 1.82) is 0 Å². The van der Waals surface area contributed by atoms with Gasteiger partial charge in [0.15, 0.2) is 0 Å². The zero-order valence-electron chi connectivity index (χ0n) is 17.2. The lowest BCUT2D eigenvalue weighted by Crippen LogP contribution is -2.45. The summed E-state index contributed by atoms with van der Waals surface area (Å²) >= 11 is 6.09. The van der Waals surface area contributed by atoms with E-state index in [0.29, 0.717) is 10.7 Å². The van der Waals surface area contributed by atoms with Gasteiger partial charge in [-0.2, -0.15) is 0 Å². The minimum absolute atomic E-state index is 0.242. The van der Waals surface area contributed by atoms with Crippen LogP contribution in [0.15, 0.2) is 65.7 Å². The lowest BCUT2D eigenvalue weighted by molar-refractivity contribution is 0.323. The molecule has 0 amide bonds. The molecule has 1 fully saturated rings. The standard InChI is InChI=1S/C22H28ClN3O2S/c1-17(2)24-12-14-25(15-13-24)20-8-10-22(11-9-20)29(27,28)26(18(3)4)21-7-5-6-19(23)16-21/h5-11,16,18H,1,12-15H2,2-4H3. The van der Waals surface area contributed by atoms with Gasteiger partial charge in [0.05, 0.1) is 10.6 Å². The van der Waals surface area contributed by atoms with E-state index in [1.54, 1.807) is 36.4 Å². The third-order valence-electron chi connectivity index (χ3n) is 5.11. The molecule has 29 heavy (non-hydrogen) atoms. The second-order valence-electron chi connectivity index (χ2n) is 7.58. The second-order valence-corrected chi connectivity index (χ2v) is 9.83. The van der Waals surface area contributed by atoms with Gasteiger partial charge in [0.25, 0.3) is 10.0 Å². The number of rotatable bonds is 6. The SMILES string of the molecule is C=C(C)N1CCN(c2ccc(S(=O)(=O)N(c3cccc(Cl)c3)C(C)C)cc2)CC1. The van der Waals surface area contributed by atoms with Crippen molar-refractivity contribution in [3.05, 3.63) is 65.8 Å². The molecule has 0 bridgehead atoms. The number of hydrogen-bond acceptors (Lipinski definition) is 4. The van der Waals surface area contributed by atoms with Gasteiger partial charge in [-0.25, -0.2) is 8.42 Å². The Morgan fingerprint density at radius 3 is 2.21 bits per heavy atom. The highest BCUT2D eigenvalue weighted by atomic mass is 35.5. The van der Waals surface area contributed by atoms with E-state index in [0.717, 1.165) is 37.6 Å². The molecule has 2 aromatic carbocycles. The molecule has 0 aromatic heterocycles. The van der Waals surface area contributed by atoms with Crippen LogP contribution in [0.25, 0.3) is 0 Å². The Labute approximate surface area is 179 Å². The summed E-state index contributed by atoms with van der Waals surface area (Å²) in [6.45, 7) is 13.4. The molecule has 0 N–H and O–H groups in total. The number of hydrogen-bond donors (Lipinski definition) is 0. The van der Waals surface area contributed by atoms with Gasteiger partial charge in [0.2, 0.25) is 0 Å². The van der Waals surface area contributed by atoms with Crippen molar-refractivity contribution in [1.82, 2.24) is 4.90 Å². The number of nitrogens with zero attached hydrogens (tertiary/aromatic N) is 3. The zero-order valence-corrected chi connectivity index (χ0v) is 18.7. The van der Waals surface area contributed by atoms with Gasteiger partial charge in [-0.1, -0.05) is 24.2 Å². The average Bonchev–Trinajstić information content (AvgIpc) is 2.68. The van der Waals surface area contributed by atoms with Crippen molar-refractivity contribution < 1.29 is 8.42 Å². The van der Waals surface area contributed by atoms with Crippen LogP contribution in [0, 0.1) is 0 Å². The van der Waals surface area contributed by atoms with Crippen LogP contribution in [0.5, 0.6) is 0 Å². The topological polar surface area (TPSA) is 43.9 Å². The van der Waals surface area contributed by atoms with E-state index in [-0.39, 0.29) is 10.9 Å². The molecule has 1 heterocycles. The van der Waals surface area contributed by atoms with Gasteiger partial charge in [0, 0.05) is 48.6 Å². The van der Waals surface area contributed by atoms with Crippen molar-refractivity contribution >= 4 is 33.0 Å². The first kappa shape index (κ1) is 21.5. The molecular formula is C22H28ClN3O2S. The molecular weight excluding hydrogens is 406 g/mol. The summed E-state index contributed by atoms with van der Waals surface area (Å²) < 4.78 is 28.1. The fourth-order valence-corrected chi connectivity index (χ4v) is 5.45. The van der Waals surface area contributed by atoms with Crippen LogP contribution >= 0.6 is 11.6 Å². The minimum Gasteiger partial charge on any atom is -0.372 e. The van der Waals surface area contributed by atoms with Crippen LogP contribution in [0.1, 0.15) is 20.8 Å². The summed E-state index contributed by atoms with van der Waals surface area (Å²) in [6, 6.07) is 13.8. The van der Waals surface area contributed by atoms with Crippen LogP contribution in [0.3, 0.4) is 0 Å². The Morgan fingerprint density at radius 2 is 1.69 bits per heavy atom. The molecule has 0 unspecified atom stereocenters. The fourth-order valence-electron chi connectivity index (χ4n) is 3.62. The Kier molecular flexibility index (Phi) is 6.44. The number of benzene rings is 2. The number of piperazine rings is 1. The second kappa shape index (κ2) is 8.67. The molecule has 0 saturated carbocycles. The van der Waals surface area contributed by atoms with E-state index in [9.17, 15) is 8.42 Å². The number of halogens is 1. The Balaban J connectivity index is 1.83. The molecule has 1 aliphatic heterocycles. The first-order valence-corrected chi connectivity index (χ1v) is 11.6. The van der Waals surface area contributed by atoms with E-state index in [2.05, 4.69) is 16.4 Å². The maximum absolute atomic E-state index is 13.3. The summed E-state index contributed by atoms with van der Waals surface area (Å²) in [6.07, 6.45) is 0. The molecule has 0 radical (unpaired) electrons. The van der Waals surface area contributed by atoms with Crippen molar-refractivity contribution in [3.8, 4) is 0 Å². The van der Waals surface area contributed by atoms with E-state index < -0.39 is 10.0 Å². The lowest BCUT2D eigenvalue weighted by Gasteiger charge is -2.37. The molecule has 1 aliphatic rings. The van der Waals surface area contributed by atoms with Gasteiger partial charge in [0.1, 0.15) is 0 Å². The van der Waals surface area contributed by atoms with Crippen molar-refractivity contribution in [3.63, 3.8) is 0 Å². The quantitative estimate of drug-likeness (QED) is 0.667. The third kappa shape index (κ3) is 4.70. The molecule has 0 spiro atoms. The first-order valence-electron chi connectivity index (χ1n) is 9.75. The van der Waals surface area contributed by atoms with Gasteiger partial charge >= 0.3 is 0 Å². The smallest absolute Gasteiger partial charge is 0.264 e. The molecule has 7 heteroatoms. The molecule has 5 nitrogen and oxygen atoms in total. The first-order chi connectivity index (χ1) is 13.7. The van der Waals surface area contributed by atoms with Crippen molar-refractivity contribution in [2.45, 2.75) is 31.7 Å². The summed E-state index contributed by atoms with van der Waals surface area (Å²) in [5, 5.41) is 0.507. The fraction of sp³-hybridized carbons (Fsp3) is 0.364. The van der Waals surface area contributed by atoms with Crippen LogP contribution in [-0.2, 0) is 10.0 Å². The molecule has 2 aromatic rings. The number of allylic oxidation sites excluding steroid dienone is 1. The van der Waals surface area contributed by atoms with Crippen LogP contribution in [0.4, 0.5) is 11.4 Å². The van der Waals surface area contributed by atoms with Crippen molar-refractivity contribution in [2.24, 2.45) is 0 Å². The van der Waals surface area contributed by atoms with Crippen molar-refractivity contribution in [2.75, 3.05) is 35.4 Å². The average molecular weight is 434 g/mol. The molecule has 156 valence electrons. The van der Waals surface area contributed by atoms with E-state index >= 15 is 0 Å². The maximum Gasteiger partial charge on any atom is 0.264 e. The summed E-state index contributed by atoms with van der Waals surface area (Å²) in [4.78, 5) is 4.81. The van der Waals surface area contributed by atoms with E-state index in [4.69, 9.17) is 11.6 Å². The molecule has 0 atom stereocenters. The largest absolute Gasteiger partial charge is 0.372 e. The Bertz CT molecular complexity index is 966. The van der Waals surface area contributed by atoms with Gasteiger partial charge in [-0.05, 0) is 63.2 Å². The van der Waals surface area contributed by atoms with Gasteiger partial charge in [-0.3, -0.25) is 4.31 Å². The number of anilines is 2. The molecule has 0 aliphatic carbocycles. The maximum atomic E-state index is 13.3. The lowest BCUT2D eigenvalue weighted by atomic mass is 10.2. The number of sulfonamides is 1. The van der Waals surface area contributed by atoms with Gasteiger partial charge < -0.3 is 9.80 Å². The minimum atomic E-state index is -3.70. The van der Waals surface area contributed by atoms with E-state index in [1.807, 2.05) is 32.9 Å². The highest BCUT2D eigenvalue weighted by Crippen LogP contribution is 2.29.